The molecule has 27 heavy (non-hydrogen) atoms. The van der Waals surface area contributed by atoms with Gasteiger partial charge in [0.15, 0.2) is 6.61 Å². The molecule has 0 atom stereocenters. The molecule has 0 saturated carbocycles. The third-order valence-electron chi connectivity index (χ3n) is 3.57. The molecule has 0 bridgehead atoms. The first-order valence-corrected chi connectivity index (χ1v) is 8.50. The summed E-state index contributed by atoms with van der Waals surface area (Å²) in [6.07, 6.45) is 0. The minimum absolute atomic E-state index is 0.0289. The second-order valence-electron chi connectivity index (χ2n) is 6.29. The Labute approximate surface area is 157 Å². The fourth-order valence-electron chi connectivity index (χ4n) is 2.22. The maximum absolute atomic E-state index is 12.3. The van der Waals surface area contributed by atoms with Crippen LogP contribution in [0.5, 0.6) is 5.75 Å². The number of carbonyl (C=O) groups is 3. The Hall–Kier alpha value is -3.35. The number of para-hydroxylation sites is 2. The summed E-state index contributed by atoms with van der Waals surface area (Å²) >= 11 is 0. The Balaban J connectivity index is 1.97. The summed E-state index contributed by atoms with van der Waals surface area (Å²) in [5.41, 5.74) is 0.611. The van der Waals surface area contributed by atoms with E-state index in [-0.39, 0.29) is 17.2 Å². The summed E-state index contributed by atoms with van der Waals surface area (Å²) in [5, 5.41) is 15.0. The van der Waals surface area contributed by atoms with Crippen molar-refractivity contribution in [3.05, 3.63) is 59.7 Å². The van der Waals surface area contributed by atoms with E-state index in [1.165, 1.54) is 12.1 Å². The number of phenolic OH excluding ortho intramolecular Hbond substituents is 1. The molecule has 0 spiro atoms. The van der Waals surface area contributed by atoms with Gasteiger partial charge in [0.05, 0.1) is 11.3 Å². The van der Waals surface area contributed by atoms with Crippen molar-refractivity contribution in [3.63, 3.8) is 0 Å². The quantitative estimate of drug-likeness (QED) is 0.650. The molecule has 0 heterocycles. The summed E-state index contributed by atoms with van der Waals surface area (Å²) in [6.45, 7) is 3.92. The number of carbonyl (C=O) groups excluding carboxylic acids is 3. The van der Waals surface area contributed by atoms with Crippen molar-refractivity contribution in [2.24, 2.45) is 5.92 Å². The molecule has 3 N–H and O–H groups in total. The zero-order valence-corrected chi connectivity index (χ0v) is 15.2. The second-order valence-corrected chi connectivity index (χ2v) is 6.29. The maximum atomic E-state index is 12.3. The molecule has 0 unspecified atom stereocenters. The zero-order valence-electron chi connectivity index (χ0n) is 15.2. The Bertz CT molecular complexity index is 833. The number of amides is 2. The molecule has 2 rings (SSSR count). The average Bonchev–Trinajstić information content (AvgIpc) is 2.65. The van der Waals surface area contributed by atoms with Crippen molar-refractivity contribution < 1.29 is 24.2 Å². The molecular formula is C20H22N2O5. The van der Waals surface area contributed by atoms with E-state index >= 15 is 0 Å². The summed E-state index contributed by atoms with van der Waals surface area (Å²) in [4.78, 5) is 36.3. The van der Waals surface area contributed by atoms with Gasteiger partial charge in [0.2, 0.25) is 0 Å². The second kappa shape index (κ2) is 9.38. The number of hydrogen-bond acceptors (Lipinski definition) is 5. The number of nitrogens with one attached hydrogen (secondary N) is 2. The van der Waals surface area contributed by atoms with Crippen LogP contribution < -0.4 is 10.6 Å². The molecule has 142 valence electrons. The fraction of sp³-hybridized carbons (Fsp3) is 0.250. The van der Waals surface area contributed by atoms with E-state index in [0.717, 1.165) is 0 Å². The highest BCUT2D eigenvalue weighted by molar-refractivity contribution is 6.04. The minimum atomic E-state index is -0.814. The van der Waals surface area contributed by atoms with Crippen LogP contribution in [0.25, 0.3) is 0 Å². The van der Waals surface area contributed by atoms with E-state index in [4.69, 9.17) is 4.74 Å². The first kappa shape index (κ1) is 20.0. The van der Waals surface area contributed by atoms with Gasteiger partial charge in [0, 0.05) is 6.54 Å². The van der Waals surface area contributed by atoms with Gasteiger partial charge >= 0.3 is 5.97 Å². The lowest BCUT2D eigenvalue weighted by Gasteiger charge is -2.12. The van der Waals surface area contributed by atoms with Crippen LogP contribution in [0, 0.1) is 5.92 Å². The molecule has 0 aromatic heterocycles. The highest BCUT2D eigenvalue weighted by atomic mass is 16.5. The Kier molecular flexibility index (Phi) is 6.93. The van der Waals surface area contributed by atoms with Gasteiger partial charge in [-0.05, 0) is 30.2 Å². The van der Waals surface area contributed by atoms with Crippen molar-refractivity contribution >= 4 is 23.5 Å². The molecule has 7 nitrogen and oxygen atoms in total. The fourth-order valence-corrected chi connectivity index (χ4v) is 2.22. The van der Waals surface area contributed by atoms with Gasteiger partial charge < -0.3 is 20.5 Å². The molecule has 2 aromatic carbocycles. The predicted octanol–water partition coefficient (Wildman–Crippen LogP) is 2.57. The largest absolute Gasteiger partial charge is 0.507 e. The standard InChI is InChI=1S/C20H22N2O5/c1-13(2)11-21-19(25)14-7-3-5-9-16(14)22-18(24)12-27-20(26)15-8-4-6-10-17(15)23/h3-10,13,23H,11-12H2,1-2H3,(H,21,25)(H,22,24). The number of rotatable bonds is 7. The van der Waals surface area contributed by atoms with Crippen LogP contribution in [0.4, 0.5) is 5.69 Å². The van der Waals surface area contributed by atoms with E-state index in [0.29, 0.717) is 23.7 Å². The van der Waals surface area contributed by atoms with Crippen molar-refractivity contribution in [3.8, 4) is 5.75 Å². The number of esters is 1. The van der Waals surface area contributed by atoms with E-state index in [1.807, 2.05) is 13.8 Å². The van der Waals surface area contributed by atoms with Crippen LogP contribution in [-0.4, -0.2) is 36.0 Å². The number of phenols is 1. The molecular weight excluding hydrogens is 348 g/mol. The molecule has 0 saturated heterocycles. The van der Waals surface area contributed by atoms with Crippen molar-refractivity contribution in [1.82, 2.24) is 5.32 Å². The van der Waals surface area contributed by atoms with Gasteiger partial charge in [0.25, 0.3) is 11.8 Å². The summed E-state index contributed by atoms with van der Waals surface area (Å²) in [6, 6.07) is 12.4. The summed E-state index contributed by atoms with van der Waals surface area (Å²) in [7, 11) is 0. The third kappa shape index (κ3) is 5.85. The van der Waals surface area contributed by atoms with Crippen molar-refractivity contribution in [2.75, 3.05) is 18.5 Å². The van der Waals surface area contributed by atoms with Crippen LogP contribution >= 0.6 is 0 Å². The number of ether oxygens (including phenoxy) is 1. The third-order valence-corrected chi connectivity index (χ3v) is 3.57. The maximum Gasteiger partial charge on any atom is 0.342 e. The smallest absolute Gasteiger partial charge is 0.342 e. The van der Waals surface area contributed by atoms with Crippen LogP contribution in [0.1, 0.15) is 34.6 Å². The first-order valence-electron chi connectivity index (χ1n) is 8.50. The van der Waals surface area contributed by atoms with Gasteiger partial charge in [-0.15, -0.1) is 0 Å². The Morgan fingerprint density at radius 3 is 2.30 bits per heavy atom. The molecule has 2 aromatic rings. The van der Waals surface area contributed by atoms with E-state index in [2.05, 4.69) is 10.6 Å². The lowest BCUT2D eigenvalue weighted by atomic mass is 10.1. The molecule has 0 aliphatic carbocycles. The number of hydrogen-bond donors (Lipinski definition) is 3. The van der Waals surface area contributed by atoms with Gasteiger partial charge in [0.1, 0.15) is 11.3 Å². The van der Waals surface area contributed by atoms with Crippen LogP contribution in [-0.2, 0) is 9.53 Å². The van der Waals surface area contributed by atoms with Crippen molar-refractivity contribution in [1.29, 1.82) is 0 Å². The molecule has 0 aliphatic rings. The lowest BCUT2D eigenvalue weighted by Crippen LogP contribution is -2.29. The number of anilines is 1. The molecule has 0 fully saturated rings. The van der Waals surface area contributed by atoms with Crippen LogP contribution in [0.3, 0.4) is 0 Å². The predicted molar refractivity (Wildman–Crippen MR) is 101 cm³/mol. The average molecular weight is 370 g/mol. The Morgan fingerprint density at radius 2 is 1.63 bits per heavy atom. The minimum Gasteiger partial charge on any atom is -0.507 e. The highest BCUT2D eigenvalue weighted by Crippen LogP contribution is 2.17. The van der Waals surface area contributed by atoms with Gasteiger partial charge in [-0.3, -0.25) is 9.59 Å². The van der Waals surface area contributed by atoms with Gasteiger partial charge in [-0.2, -0.15) is 0 Å². The van der Waals surface area contributed by atoms with Crippen molar-refractivity contribution in [2.45, 2.75) is 13.8 Å². The molecule has 0 aliphatic heterocycles. The summed E-state index contributed by atoms with van der Waals surface area (Å²) < 4.78 is 4.91. The topological polar surface area (TPSA) is 105 Å². The SMILES string of the molecule is CC(C)CNC(=O)c1ccccc1NC(=O)COC(=O)c1ccccc1O. The monoisotopic (exact) mass is 370 g/mol. The van der Waals surface area contributed by atoms with E-state index in [9.17, 15) is 19.5 Å². The van der Waals surface area contributed by atoms with Crippen LogP contribution in [0.15, 0.2) is 48.5 Å². The number of benzene rings is 2. The van der Waals surface area contributed by atoms with E-state index < -0.39 is 18.5 Å². The first-order chi connectivity index (χ1) is 12.9. The van der Waals surface area contributed by atoms with Gasteiger partial charge in [-0.25, -0.2) is 4.79 Å². The van der Waals surface area contributed by atoms with Gasteiger partial charge in [-0.1, -0.05) is 38.1 Å². The summed E-state index contributed by atoms with van der Waals surface area (Å²) in [5.74, 6) is -1.64. The zero-order chi connectivity index (χ0) is 19.8. The molecule has 7 heteroatoms. The highest BCUT2D eigenvalue weighted by Gasteiger charge is 2.16. The van der Waals surface area contributed by atoms with Crippen LogP contribution in [0.2, 0.25) is 0 Å². The lowest BCUT2D eigenvalue weighted by molar-refractivity contribution is -0.119. The number of aromatic hydroxyl groups is 1. The van der Waals surface area contributed by atoms with E-state index in [1.54, 1.807) is 36.4 Å². The Morgan fingerprint density at radius 1 is 1.00 bits per heavy atom. The molecule has 0 radical (unpaired) electrons. The normalized spacial score (nSPS) is 10.3. The molecule has 2 amide bonds.